The molecule has 0 radical (unpaired) electrons. The number of aryl methyl sites for hydroxylation is 1. The maximum absolute atomic E-state index is 11.9. The normalized spacial score (nSPS) is 15.3. The van der Waals surface area contributed by atoms with Crippen LogP contribution in [0.15, 0.2) is 70.4 Å². The van der Waals surface area contributed by atoms with E-state index < -0.39 is 10.9 Å². The topological polar surface area (TPSA) is 94.2 Å². The molecule has 7 nitrogen and oxygen atoms in total. The molecule has 26 heavy (non-hydrogen) atoms. The Kier molecular flexibility index (Phi) is 4.98. The molecule has 0 N–H and O–H groups in total. The van der Waals surface area contributed by atoms with Gasteiger partial charge in [0.2, 0.25) is 5.90 Å². The second kappa shape index (κ2) is 7.52. The zero-order valence-corrected chi connectivity index (χ0v) is 14.0. The minimum atomic E-state index is -0.639. The van der Waals surface area contributed by atoms with Gasteiger partial charge < -0.3 is 4.74 Å². The largest absolute Gasteiger partial charge is 0.402 e. The molecule has 0 aliphatic carbocycles. The van der Waals surface area contributed by atoms with E-state index in [1.807, 2.05) is 30.3 Å². The van der Waals surface area contributed by atoms with Gasteiger partial charge in [0.05, 0.1) is 11.1 Å². The molecule has 0 aromatic heterocycles. The van der Waals surface area contributed by atoms with Gasteiger partial charge in [-0.1, -0.05) is 36.4 Å². The van der Waals surface area contributed by atoms with Crippen LogP contribution in [-0.4, -0.2) is 23.0 Å². The minimum Gasteiger partial charge on any atom is -0.402 e. The summed E-state index contributed by atoms with van der Waals surface area (Å²) >= 11 is 0. The van der Waals surface area contributed by atoms with Crippen LogP contribution < -0.4 is 0 Å². The van der Waals surface area contributed by atoms with Crippen molar-refractivity contribution in [1.29, 1.82) is 0 Å². The van der Waals surface area contributed by atoms with Crippen LogP contribution in [0.25, 0.3) is 0 Å². The first-order chi connectivity index (χ1) is 12.5. The smallest absolute Gasteiger partial charge is 0.365 e. The number of esters is 1. The van der Waals surface area contributed by atoms with E-state index in [0.717, 1.165) is 5.56 Å². The van der Waals surface area contributed by atoms with E-state index in [1.54, 1.807) is 25.3 Å². The fourth-order valence-electron chi connectivity index (χ4n) is 2.36. The lowest BCUT2D eigenvalue weighted by Gasteiger charge is -2.01. The van der Waals surface area contributed by atoms with Crippen LogP contribution in [-0.2, 0) is 16.0 Å². The Morgan fingerprint density at radius 3 is 2.73 bits per heavy atom. The van der Waals surface area contributed by atoms with Crippen molar-refractivity contribution in [2.45, 2.75) is 13.3 Å². The Bertz CT molecular complexity index is 947. The third-order valence-electron chi connectivity index (χ3n) is 3.75. The molecule has 0 spiro atoms. The van der Waals surface area contributed by atoms with Crippen molar-refractivity contribution in [3.05, 3.63) is 87.2 Å². The molecule has 0 amide bonds. The third kappa shape index (κ3) is 3.89. The van der Waals surface area contributed by atoms with Gasteiger partial charge in [0.15, 0.2) is 5.70 Å². The van der Waals surface area contributed by atoms with Crippen molar-refractivity contribution in [3.63, 3.8) is 0 Å². The van der Waals surface area contributed by atoms with Gasteiger partial charge in [0, 0.05) is 29.8 Å². The fourth-order valence-corrected chi connectivity index (χ4v) is 2.36. The molecule has 0 saturated heterocycles. The van der Waals surface area contributed by atoms with Gasteiger partial charge >= 0.3 is 5.97 Å². The molecule has 1 aliphatic rings. The van der Waals surface area contributed by atoms with Crippen molar-refractivity contribution >= 4 is 23.8 Å². The Morgan fingerprint density at radius 1 is 1.23 bits per heavy atom. The second-order valence-electron chi connectivity index (χ2n) is 5.60. The lowest BCUT2D eigenvalue weighted by Crippen LogP contribution is -2.06. The summed E-state index contributed by atoms with van der Waals surface area (Å²) in [6.45, 7) is 1.64. The SMILES string of the molecule is Cc1ccc(C2=N/C(=C\N=CCc3ccccc3)C(=O)O2)cc1[N+](=O)[O-]. The molecule has 2 aromatic carbocycles. The van der Waals surface area contributed by atoms with Gasteiger partial charge in [-0.3, -0.25) is 15.1 Å². The first kappa shape index (κ1) is 17.2. The van der Waals surface area contributed by atoms with E-state index in [4.69, 9.17) is 4.74 Å². The van der Waals surface area contributed by atoms with Crippen LogP contribution in [0.2, 0.25) is 0 Å². The minimum absolute atomic E-state index is 0.0302. The number of rotatable bonds is 5. The van der Waals surface area contributed by atoms with Crippen molar-refractivity contribution < 1.29 is 14.5 Å². The summed E-state index contributed by atoms with van der Waals surface area (Å²) < 4.78 is 5.10. The van der Waals surface area contributed by atoms with Crippen LogP contribution >= 0.6 is 0 Å². The number of nitro groups is 1. The molecule has 1 heterocycles. The first-order valence-electron chi connectivity index (χ1n) is 7.86. The third-order valence-corrected chi connectivity index (χ3v) is 3.75. The van der Waals surface area contributed by atoms with E-state index in [1.165, 1.54) is 12.3 Å². The van der Waals surface area contributed by atoms with Crippen molar-refractivity contribution in [2.24, 2.45) is 9.98 Å². The van der Waals surface area contributed by atoms with Gasteiger partial charge in [-0.15, -0.1) is 0 Å². The predicted octanol–water partition coefficient (Wildman–Crippen LogP) is 3.36. The summed E-state index contributed by atoms with van der Waals surface area (Å²) in [6.07, 6.45) is 3.61. The average molecular weight is 349 g/mol. The summed E-state index contributed by atoms with van der Waals surface area (Å²) in [5, 5.41) is 11.0. The van der Waals surface area contributed by atoms with Crippen LogP contribution in [0.4, 0.5) is 5.69 Å². The standard InChI is InChI=1S/C19H15N3O4/c1-13-7-8-15(11-17(13)22(24)25)18-21-16(19(23)26-18)12-20-10-9-14-5-3-2-4-6-14/h2-8,10-12H,9H2,1H3/b16-12-,20-10?. The van der Waals surface area contributed by atoms with E-state index >= 15 is 0 Å². The fraction of sp³-hybridized carbons (Fsp3) is 0.105. The van der Waals surface area contributed by atoms with Crippen LogP contribution in [0.1, 0.15) is 16.7 Å². The van der Waals surface area contributed by atoms with E-state index in [9.17, 15) is 14.9 Å². The number of cyclic esters (lactones) is 1. The zero-order valence-electron chi connectivity index (χ0n) is 14.0. The molecule has 0 bridgehead atoms. The highest BCUT2D eigenvalue weighted by Gasteiger charge is 2.25. The number of ether oxygens (including phenoxy) is 1. The van der Waals surface area contributed by atoms with Crippen molar-refractivity contribution in [3.8, 4) is 0 Å². The number of nitro benzene ring substituents is 1. The lowest BCUT2D eigenvalue weighted by atomic mass is 10.1. The van der Waals surface area contributed by atoms with Crippen molar-refractivity contribution in [2.75, 3.05) is 0 Å². The van der Waals surface area contributed by atoms with Gasteiger partial charge in [0.25, 0.3) is 5.69 Å². The van der Waals surface area contributed by atoms with E-state index in [0.29, 0.717) is 17.5 Å². The Labute approximate surface area is 149 Å². The Balaban J connectivity index is 1.76. The molecule has 2 aromatic rings. The number of hydrogen-bond donors (Lipinski definition) is 0. The van der Waals surface area contributed by atoms with Gasteiger partial charge in [0.1, 0.15) is 0 Å². The number of hydrogen-bond acceptors (Lipinski definition) is 6. The highest BCUT2D eigenvalue weighted by Crippen LogP contribution is 2.23. The molecule has 0 saturated carbocycles. The highest BCUT2D eigenvalue weighted by atomic mass is 16.6. The molecule has 3 rings (SSSR count). The summed E-state index contributed by atoms with van der Waals surface area (Å²) in [5.74, 6) is -0.609. The molecule has 0 atom stereocenters. The van der Waals surface area contributed by atoms with Gasteiger partial charge in [-0.05, 0) is 18.6 Å². The predicted molar refractivity (Wildman–Crippen MR) is 97.2 cm³/mol. The Morgan fingerprint density at radius 2 is 2.00 bits per heavy atom. The summed E-state index contributed by atoms with van der Waals surface area (Å²) in [6, 6.07) is 14.3. The maximum Gasteiger partial charge on any atom is 0.365 e. The first-order valence-corrected chi connectivity index (χ1v) is 7.86. The molecule has 130 valence electrons. The number of carbonyl (C=O) groups excluding carboxylic acids is 1. The summed E-state index contributed by atoms with van der Waals surface area (Å²) in [7, 11) is 0. The average Bonchev–Trinajstić information content (AvgIpc) is 3.00. The van der Waals surface area contributed by atoms with E-state index in [-0.39, 0.29) is 17.3 Å². The number of carbonyl (C=O) groups is 1. The highest BCUT2D eigenvalue weighted by molar-refractivity contribution is 6.11. The maximum atomic E-state index is 11.9. The van der Waals surface area contributed by atoms with Gasteiger partial charge in [-0.25, -0.2) is 9.79 Å². The Hall–Kier alpha value is -3.61. The molecule has 1 aliphatic heterocycles. The summed E-state index contributed by atoms with van der Waals surface area (Å²) in [5.41, 5.74) is 1.98. The molecule has 7 heteroatoms. The number of nitrogens with zero attached hydrogens (tertiary/aromatic N) is 3. The van der Waals surface area contributed by atoms with Crippen LogP contribution in [0.5, 0.6) is 0 Å². The van der Waals surface area contributed by atoms with Gasteiger partial charge in [-0.2, -0.15) is 0 Å². The lowest BCUT2D eigenvalue weighted by molar-refractivity contribution is -0.385. The molecular weight excluding hydrogens is 334 g/mol. The number of benzene rings is 2. The molecule has 0 unspecified atom stereocenters. The van der Waals surface area contributed by atoms with Crippen LogP contribution in [0.3, 0.4) is 0 Å². The second-order valence-corrected chi connectivity index (χ2v) is 5.60. The zero-order chi connectivity index (χ0) is 18.5. The number of aliphatic imine (C=N–C) groups is 2. The molecule has 0 fully saturated rings. The summed E-state index contributed by atoms with van der Waals surface area (Å²) in [4.78, 5) is 30.6. The van der Waals surface area contributed by atoms with E-state index in [2.05, 4.69) is 9.98 Å². The van der Waals surface area contributed by atoms with Crippen LogP contribution in [0, 0.1) is 17.0 Å². The monoisotopic (exact) mass is 349 g/mol. The molecular formula is C19H15N3O4. The van der Waals surface area contributed by atoms with Crippen molar-refractivity contribution in [1.82, 2.24) is 0 Å². The quantitative estimate of drug-likeness (QED) is 0.272.